The topological polar surface area (TPSA) is 61.9 Å². The number of hydrogen-bond acceptors (Lipinski definition) is 4. The lowest BCUT2D eigenvalue weighted by molar-refractivity contribution is -0.133. The Morgan fingerprint density at radius 2 is 1.83 bits per heavy atom. The summed E-state index contributed by atoms with van der Waals surface area (Å²) in [5.74, 6) is 0.981. The third kappa shape index (κ3) is 5.00. The molecule has 1 N–H and O–H groups in total. The number of nitrogens with zero attached hydrogens (tertiary/aromatic N) is 2. The normalized spacial score (nSPS) is 17.2. The molecule has 6 heteroatoms. The first-order valence-corrected chi connectivity index (χ1v) is 10.7. The molecule has 2 aromatic rings. The first-order chi connectivity index (χ1) is 14.6. The molecule has 0 radical (unpaired) electrons. The van der Waals surface area contributed by atoms with Crippen LogP contribution in [0, 0.1) is 0 Å². The SMILES string of the molecule is CC(=O)N[C@@H](CC(=O)N1CCN(Cc2ccc3c(c2)CCO3)CC1)c1ccccc1. The van der Waals surface area contributed by atoms with Gasteiger partial charge in [-0.15, -0.1) is 0 Å². The number of benzene rings is 2. The molecular weight excluding hydrogens is 378 g/mol. The molecule has 1 saturated heterocycles. The minimum absolute atomic E-state index is 0.0898. The Hall–Kier alpha value is -2.86. The van der Waals surface area contributed by atoms with E-state index in [0.29, 0.717) is 13.1 Å². The molecular formula is C24H29N3O3. The van der Waals surface area contributed by atoms with E-state index in [4.69, 9.17) is 4.74 Å². The second kappa shape index (κ2) is 9.30. The highest BCUT2D eigenvalue weighted by Gasteiger charge is 2.25. The van der Waals surface area contributed by atoms with Crippen molar-refractivity contribution < 1.29 is 14.3 Å². The molecule has 1 fully saturated rings. The van der Waals surface area contributed by atoms with Crippen LogP contribution in [0.25, 0.3) is 0 Å². The van der Waals surface area contributed by atoms with E-state index in [1.54, 1.807) is 0 Å². The van der Waals surface area contributed by atoms with Crippen molar-refractivity contribution in [1.29, 1.82) is 0 Å². The number of carbonyl (C=O) groups is 2. The lowest BCUT2D eigenvalue weighted by atomic mass is 10.0. The third-order valence-electron chi connectivity index (χ3n) is 5.84. The van der Waals surface area contributed by atoms with E-state index in [1.807, 2.05) is 35.2 Å². The van der Waals surface area contributed by atoms with E-state index >= 15 is 0 Å². The molecule has 1 atom stereocenters. The van der Waals surface area contributed by atoms with Crippen molar-refractivity contribution >= 4 is 11.8 Å². The summed E-state index contributed by atoms with van der Waals surface area (Å²) in [4.78, 5) is 28.8. The van der Waals surface area contributed by atoms with Crippen LogP contribution in [0.4, 0.5) is 0 Å². The highest BCUT2D eigenvalue weighted by atomic mass is 16.5. The number of ether oxygens (including phenoxy) is 1. The molecule has 30 heavy (non-hydrogen) atoms. The van der Waals surface area contributed by atoms with Gasteiger partial charge >= 0.3 is 0 Å². The number of fused-ring (bicyclic) bond motifs is 1. The average Bonchev–Trinajstić information content (AvgIpc) is 3.22. The van der Waals surface area contributed by atoms with E-state index in [9.17, 15) is 9.59 Å². The largest absolute Gasteiger partial charge is 0.493 e. The average molecular weight is 408 g/mol. The molecule has 0 bridgehead atoms. The highest BCUT2D eigenvalue weighted by molar-refractivity contribution is 5.79. The van der Waals surface area contributed by atoms with Gasteiger partial charge in [0.1, 0.15) is 5.75 Å². The van der Waals surface area contributed by atoms with Crippen LogP contribution in [0.15, 0.2) is 48.5 Å². The summed E-state index contributed by atoms with van der Waals surface area (Å²) in [5.41, 5.74) is 3.56. The molecule has 158 valence electrons. The van der Waals surface area contributed by atoms with Gasteiger partial charge in [-0.05, 0) is 22.8 Å². The van der Waals surface area contributed by atoms with Crippen molar-refractivity contribution in [2.24, 2.45) is 0 Å². The van der Waals surface area contributed by atoms with Crippen LogP contribution in [0.1, 0.15) is 36.1 Å². The molecule has 6 nitrogen and oxygen atoms in total. The van der Waals surface area contributed by atoms with Gasteiger partial charge in [-0.1, -0.05) is 42.5 Å². The fraction of sp³-hybridized carbons (Fsp3) is 0.417. The summed E-state index contributed by atoms with van der Waals surface area (Å²) in [6.45, 7) is 6.31. The van der Waals surface area contributed by atoms with E-state index in [0.717, 1.165) is 44.0 Å². The Kier molecular flexibility index (Phi) is 6.33. The van der Waals surface area contributed by atoms with Crippen molar-refractivity contribution in [2.45, 2.75) is 32.4 Å². The predicted octanol–water partition coefficient (Wildman–Crippen LogP) is 2.53. The van der Waals surface area contributed by atoms with E-state index < -0.39 is 0 Å². The van der Waals surface area contributed by atoms with Gasteiger partial charge in [0.15, 0.2) is 0 Å². The number of amides is 2. The van der Waals surface area contributed by atoms with Crippen LogP contribution in [-0.2, 0) is 22.6 Å². The van der Waals surface area contributed by atoms with Gasteiger partial charge in [-0.25, -0.2) is 0 Å². The fourth-order valence-corrected chi connectivity index (χ4v) is 4.24. The van der Waals surface area contributed by atoms with E-state index in [1.165, 1.54) is 18.1 Å². The van der Waals surface area contributed by atoms with Crippen LogP contribution in [0.5, 0.6) is 5.75 Å². The maximum Gasteiger partial charge on any atom is 0.225 e. The standard InChI is InChI=1S/C24H29N3O3/c1-18(28)25-22(20-5-3-2-4-6-20)16-24(29)27-12-10-26(11-13-27)17-19-7-8-23-21(15-19)9-14-30-23/h2-8,15,22H,9-14,16-17H2,1H3,(H,25,28)/t22-/m0/s1. The maximum absolute atomic E-state index is 12.9. The minimum Gasteiger partial charge on any atom is -0.493 e. The van der Waals surface area contributed by atoms with E-state index in [2.05, 4.69) is 28.4 Å². The zero-order valence-electron chi connectivity index (χ0n) is 17.5. The summed E-state index contributed by atoms with van der Waals surface area (Å²) in [6, 6.07) is 15.9. The Balaban J connectivity index is 1.30. The molecule has 2 aliphatic heterocycles. The zero-order valence-corrected chi connectivity index (χ0v) is 17.5. The van der Waals surface area contributed by atoms with Crippen LogP contribution >= 0.6 is 0 Å². The van der Waals surface area contributed by atoms with Crippen molar-refractivity contribution in [3.8, 4) is 5.75 Å². The molecule has 0 aromatic heterocycles. The Morgan fingerprint density at radius 3 is 2.57 bits per heavy atom. The second-order valence-corrected chi connectivity index (χ2v) is 8.07. The summed E-state index contributed by atoms with van der Waals surface area (Å²) in [6.07, 6.45) is 1.27. The Labute approximate surface area is 177 Å². The highest BCUT2D eigenvalue weighted by Crippen LogP contribution is 2.26. The maximum atomic E-state index is 12.9. The monoisotopic (exact) mass is 407 g/mol. The van der Waals surface area contributed by atoms with Crippen molar-refractivity contribution in [2.75, 3.05) is 32.8 Å². The molecule has 0 spiro atoms. The lowest BCUT2D eigenvalue weighted by Crippen LogP contribution is -2.49. The van der Waals surface area contributed by atoms with Crippen LogP contribution in [-0.4, -0.2) is 54.4 Å². The predicted molar refractivity (Wildman–Crippen MR) is 115 cm³/mol. The lowest BCUT2D eigenvalue weighted by Gasteiger charge is -2.35. The molecule has 2 aromatic carbocycles. The molecule has 0 unspecified atom stereocenters. The molecule has 2 amide bonds. The van der Waals surface area contributed by atoms with Gasteiger partial charge in [-0.3, -0.25) is 14.5 Å². The van der Waals surface area contributed by atoms with Crippen molar-refractivity contribution in [1.82, 2.24) is 15.1 Å². The van der Waals surface area contributed by atoms with Crippen molar-refractivity contribution in [3.05, 3.63) is 65.2 Å². The number of piperazine rings is 1. The first kappa shape index (κ1) is 20.4. The second-order valence-electron chi connectivity index (χ2n) is 8.07. The quantitative estimate of drug-likeness (QED) is 0.799. The summed E-state index contributed by atoms with van der Waals surface area (Å²) in [7, 11) is 0. The van der Waals surface area contributed by atoms with Gasteiger partial charge in [0.25, 0.3) is 0 Å². The fourth-order valence-electron chi connectivity index (χ4n) is 4.24. The summed E-state index contributed by atoms with van der Waals surface area (Å²) >= 11 is 0. The van der Waals surface area contributed by atoms with Crippen LogP contribution in [0.3, 0.4) is 0 Å². The minimum atomic E-state index is -0.289. The zero-order chi connectivity index (χ0) is 20.9. The van der Waals surface area contributed by atoms with Gasteiger partial charge in [0.05, 0.1) is 19.1 Å². The number of carbonyl (C=O) groups excluding carboxylic acids is 2. The summed E-state index contributed by atoms with van der Waals surface area (Å²) < 4.78 is 5.59. The van der Waals surface area contributed by atoms with Crippen LogP contribution < -0.4 is 10.1 Å². The first-order valence-electron chi connectivity index (χ1n) is 10.7. The number of nitrogens with one attached hydrogen (secondary N) is 1. The molecule has 4 rings (SSSR count). The van der Waals surface area contributed by atoms with Crippen LogP contribution in [0.2, 0.25) is 0 Å². The van der Waals surface area contributed by atoms with Gasteiger partial charge in [-0.2, -0.15) is 0 Å². The Bertz CT molecular complexity index is 892. The van der Waals surface area contributed by atoms with Gasteiger partial charge < -0.3 is 15.0 Å². The van der Waals surface area contributed by atoms with Crippen molar-refractivity contribution in [3.63, 3.8) is 0 Å². The molecule has 0 saturated carbocycles. The smallest absolute Gasteiger partial charge is 0.225 e. The number of hydrogen-bond donors (Lipinski definition) is 1. The molecule has 2 heterocycles. The van der Waals surface area contributed by atoms with E-state index in [-0.39, 0.29) is 24.3 Å². The van der Waals surface area contributed by atoms with Gasteiger partial charge in [0, 0.05) is 46.1 Å². The number of rotatable bonds is 6. The van der Waals surface area contributed by atoms with Gasteiger partial charge in [0.2, 0.25) is 11.8 Å². The molecule has 0 aliphatic carbocycles. The molecule has 2 aliphatic rings. The third-order valence-corrected chi connectivity index (χ3v) is 5.84. The summed E-state index contributed by atoms with van der Waals surface area (Å²) in [5, 5.41) is 2.92. The Morgan fingerprint density at radius 1 is 1.07 bits per heavy atom.